The Bertz CT molecular complexity index is 759. The van der Waals surface area contributed by atoms with Crippen LogP contribution >= 0.6 is 11.6 Å². The fourth-order valence-corrected chi connectivity index (χ4v) is 4.68. The van der Waals surface area contributed by atoms with E-state index in [9.17, 15) is 4.39 Å². The Labute approximate surface area is 160 Å². The van der Waals surface area contributed by atoms with Gasteiger partial charge < -0.3 is 4.74 Å². The highest BCUT2D eigenvalue weighted by atomic mass is 35.5. The van der Waals surface area contributed by atoms with Crippen molar-refractivity contribution >= 4 is 11.6 Å². The molecule has 138 valence electrons. The van der Waals surface area contributed by atoms with Gasteiger partial charge in [0.25, 0.3) is 0 Å². The zero-order valence-corrected chi connectivity index (χ0v) is 16.1. The molecule has 0 amide bonds. The van der Waals surface area contributed by atoms with Gasteiger partial charge in [-0.05, 0) is 48.6 Å². The molecule has 1 unspecified atom stereocenters. The molecule has 0 radical (unpaired) electrons. The lowest BCUT2D eigenvalue weighted by atomic mass is 9.77. The molecule has 0 N–H and O–H groups in total. The van der Waals surface area contributed by atoms with Crippen molar-refractivity contribution in [3.8, 4) is 11.1 Å². The van der Waals surface area contributed by atoms with E-state index in [1.807, 2.05) is 24.3 Å². The van der Waals surface area contributed by atoms with E-state index in [4.69, 9.17) is 16.3 Å². The maximum absolute atomic E-state index is 14.7. The molecular formula is C23H26ClFO. The molecule has 1 saturated heterocycles. The average molecular weight is 373 g/mol. The maximum atomic E-state index is 14.7. The van der Waals surface area contributed by atoms with Crippen molar-refractivity contribution in [1.29, 1.82) is 0 Å². The van der Waals surface area contributed by atoms with Gasteiger partial charge in [-0.25, -0.2) is 4.39 Å². The van der Waals surface area contributed by atoms with Crippen molar-refractivity contribution in [3.63, 3.8) is 0 Å². The number of rotatable bonds is 5. The van der Waals surface area contributed by atoms with Crippen molar-refractivity contribution in [1.82, 2.24) is 0 Å². The Morgan fingerprint density at radius 2 is 1.73 bits per heavy atom. The molecule has 0 aromatic heterocycles. The van der Waals surface area contributed by atoms with Gasteiger partial charge in [-0.15, -0.1) is 0 Å². The summed E-state index contributed by atoms with van der Waals surface area (Å²) in [5.41, 5.74) is 3.60. The van der Waals surface area contributed by atoms with Crippen molar-refractivity contribution in [2.45, 2.75) is 57.5 Å². The van der Waals surface area contributed by atoms with E-state index in [0.717, 1.165) is 17.0 Å². The van der Waals surface area contributed by atoms with Gasteiger partial charge >= 0.3 is 0 Å². The predicted molar refractivity (Wildman–Crippen MR) is 105 cm³/mol. The van der Waals surface area contributed by atoms with Gasteiger partial charge in [0, 0.05) is 11.1 Å². The predicted octanol–water partition coefficient (Wildman–Crippen LogP) is 7.29. The lowest BCUT2D eigenvalue weighted by Gasteiger charge is -2.28. The van der Waals surface area contributed by atoms with Crippen molar-refractivity contribution in [3.05, 3.63) is 58.4 Å². The summed E-state index contributed by atoms with van der Waals surface area (Å²) >= 11 is 6.22. The Hall–Kier alpha value is -1.38. The minimum atomic E-state index is -0.340. The molecule has 1 nitrogen and oxygen atoms in total. The van der Waals surface area contributed by atoms with Crippen LogP contribution in [0, 0.1) is 11.7 Å². The standard InChI is InChI=1S/C23H26ClFO/c1-2-3-15-4-6-16(7-5-15)17-8-10-18(11-9-17)19-12-13-20(21-14-26-21)22(24)23(19)25/h8-13,15-16,21H,2-7,14H2,1H3. The molecule has 1 atom stereocenters. The van der Waals surface area contributed by atoms with Crippen LogP contribution in [0.4, 0.5) is 4.39 Å². The second kappa shape index (κ2) is 7.70. The molecule has 26 heavy (non-hydrogen) atoms. The van der Waals surface area contributed by atoms with Gasteiger partial charge in [-0.2, -0.15) is 0 Å². The van der Waals surface area contributed by atoms with Gasteiger partial charge in [-0.1, -0.05) is 67.8 Å². The Kier molecular flexibility index (Phi) is 5.33. The molecule has 1 heterocycles. The first kappa shape index (κ1) is 18.0. The first-order valence-electron chi connectivity index (χ1n) is 9.87. The molecule has 1 saturated carbocycles. The van der Waals surface area contributed by atoms with Crippen molar-refractivity contribution in [2.75, 3.05) is 6.61 Å². The van der Waals surface area contributed by atoms with Crippen LogP contribution in [0.1, 0.15) is 68.6 Å². The minimum Gasteiger partial charge on any atom is -0.368 e. The highest BCUT2D eigenvalue weighted by Gasteiger charge is 2.29. The van der Waals surface area contributed by atoms with Crippen LogP contribution in [0.5, 0.6) is 0 Å². The van der Waals surface area contributed by atoms with E-state index in [1.54, 1.807) is 0 Å². The van der Waals surface area contributed by atoms with E-state index in [2.05, 4.69) is 19.1 Å². The molecule has 2 aromatic rings. The second-order valence-electron chi connectivity index (χ2n) is 7.78. The van der Waals surface area contributed by atoms with E-state index in [1.165, 1.54) is 44.1 Å². The van der Waals surface area contributed by atoms with Crippen LogP contribution < -0.4 is 0 Å². The topological polar surface area (TPSA) is 12.5 Å². The van der Waals surface area contributed by atoms with E-state index < -0.39 is 0 Å². The molecule has 2 aromatic carbocycles. The molecule has 1 aliphatic heterocycles. The normalized spacial score (nSPS) is 25.3. The molecule has 4 rings (SSSR count). The van der Waals surface area contributed by atoms with E-state index in [0.29, 0.717) is 18.1 Å². The van der Waals surface area contributed by atoms with Crippen LogP contribution in [-0.2, 0) is 4.74 Å². The van der Waals surface area contributed by atoms with Gasteiger partial charge in [0.05, 0.1) is 11.6 Å². The van der Waals surface area contributed by atoms with Gasteiger partial charge in [-0.3, -0.25) is 0 Å². The highest BCUT2D eigenvalue weighted by molar-refractivity contribution is 6.32. The first-order valence-corrected chi connectivity index (χ1v) is 10.2. The van der Waals surface area contributed by atoms with E-state index >= 15 is 0 Å². The fraction of sp³-hybridized carbons (Fsp3) is 0.478. The molecule has 0 spiro atoms. The van der Waals surface area contributed by atoms with Crippen LogP contribution in [0.2, 0.25) is 5.02 Å². The van der Waals surface area contributed by atoms with Crippen LogP contribution in [0.15, 0.2) is 36.4 Å². The quantitative estimate of drug-likeness (QED) is 0.502. The summed E-state index contributed by atoms with van der Waals surface area (Å²) in [6, 6.07) is 12.1. The zero-order valence-electron chi connectivity index (χ0n) is 15.3. The van der Waals surface area contributed by atoms with Gasteiger partial charge in [0.15, 0.2) is 0 Å². The summed E-state index contributed by atoms with van der Waals surface area (Å²) in [7, 11) is 0. The molecule has 1 aliphatic carbocycles. The number of ether oxygens (including phenoxy) is 1. The number of hydrogen-bond donors (Lipinski definition) is 0. The third kappa shape index (κ3) is 3.68. The minimum absolute atomic E-state index is 0.0312. The molecular weight excluding hydrogens is 347 g/mol. The van der Waals surface area contributed by atoms with Crippen molar-refractivity contribution in [2.24, 2.45) is 5.92 Å². The fourth-order valence-electron chi connectivity index (χ4n) is 4.39. The summed E-state index contributed by atoms with van der Waals surface area (Å²) in [6.45, 7) is 2.91. The van der Waals surface area contributed by atoms with Crippen LogP contribution in [0.3, 0.4) is 0 Å². The maximum Gasteiger partial charge on any atom is 0.149 e. The SMILES string of the molecule is CCCC1CCC(c2ccc(-c3ccc(C4CO4)c(Cl)c3F)cc2)CC1. The summed E-state index contributed by atoms with van der Waals surface area (Å²) in [5.74, 6) is 1.23. The third-order valence-electron chi connectivity index (χ3n) is 6.03. The van der Waals surface area contributed by atoms with Crippen LogP contribution in [-0.4, -0.2) is 6.61 Å². The van der Waals surface area contributed by atoms with Crippen LogP contribution in [0.25, 0.3) is 11.1 Å². The number of hydrogen-bond acceptors (Lipinski definition) is 1. The Morgan fingerprint density at radius 1 is 1.04 bits per heavy atom. The number of benzene rings is 2. The highest BCUT2D eigenvalue weighted by Crippen LogP contribution is 2.40. The van der Waals surface area contributed by atoms with Gasteiger partial charge in [0.1, 0.15) is 11.9 Å². The summed E-state index contributed by atoms with van der Waals surface area (Å²) < 4.78 is 19.9. The smallest absolute Gasteiger partial charge is 0.149 e. The monoisotopic (exact) mass is 372 g/mol. The lowest BCUT2D eigenvalue weighted by molar-refractivity contribution is 0.308. The van der Waals surface area contributed by atoms with E-state index in [-0.39, 0.29) is 16.9 Å². The second-order valence-corrected chi connectivity index (χ2v) is 8.16. The molecule has 3 heteroatoms. The number of halogens is 2. The lowest BCUT2D eigenvalue weighted by Crippen LogP contribution is -2.13. The Balaban J connectivity index is 1.49. The van der Waals surface area contributed by atoms with Crippen molar-refractivity contribution < 1.29 is 9.13 Å². The number of epoxide rings is 1. The molecule has 0 bridgehead atoms. The first-order chi connectivity index (χ1) is 12.7. The third-order valence-corrected chi connectivity index (χ3v) is 6.41. The summed E-state index contributed by atoms with van der Waals surface area (Å²) in [4.78, 5) is 0. The molecule has 2 fully saturated rings. The summed E-state index contributed by atoms with van der Waals surface area (Å²) in [6.07, 6.45) is 7.87. The average Bonchev–Trinajstić information content (AvgIpc) is 3.50. The Morgan fingerprint density at radius 3 is 2.35 bits per heavy atom. The summed E-state index contributed by atoms with van der Waals surface area (Å²) in [5, 5.41) is 0.198. The molecule has 2 aliphatic rings. The largest absolute Gasteiger partial charge is 0.368 e. The zero-order chi connectivity index (χ0) is 18.1. The van der Waals surface area contributed by atoms with Gasteiger partial charge in [0.2, 0.25) is 0 Å².